The van der Waals surface area contributed by atoms with Gasteiger partial charge >= 0.3 is 0 Å². The lowest BCUT2D eigenvalue weighted by molar-refractivity contribution is 0.961. The first-order chi connectivity index (χ1) is 5.24. The highest BCUT2D eigenvalue weighted by Crippen LogP contribution is 2.17. The summed E-state index contributed by atoms with van der Waals surface area (Å²) < 4.78 is 1.16. The molecule has 0 spiro atoms. The maximum absolute atomic E-state index is 5.46. The average molecular weight is 214 g/mol. The molecule has 0 saturated carbocycles. The minimum Gasteiger partial charge on any atom is -0.330 e. The molecule has 0 radical (unpaired) electrons. The monoisotopic (exact) mass is 213 g/mol. The Hall–Kier alpha value is -0.340. The molecule has 0 amide bonds. The summed E-state index contributed by atoms with van der Waals surface area (Å²) in [4.78, 5) is 0. The van der Waals surface area contributed by atoms with Crippen molar-refractivity contribution in [2.45, 2.75) is 13.3 Å². The van der Waals surface area contributed by atoms with Gasteiger partial charge in [0.25, 0.3) is 0 Å². The molecule has 0 atom stereocenters. The van der Waals surface area contributed by atoms with E-state index >= 15 is 0 Å². The molecule has 0 aliphatic rings. The molecule has 0 aliphatic heterocycles. The van der Waals surface area contributed by atoms with Gasteiger partial charge in [-0.25, -0.2) is 0 Å². The van der Waals surface area contributed by atoms with Gasteiger partial charge in [0.1, 0.15) is 0 Å². The molecule has 0 aromatic heterocycles. The smallest absolute Gasteiger partial charge is 0.0207 e. The second-order valence-corrected chi connectivity index (χ2v) is 3.49. The molecular formula is C9H12BrN. The van der Waals surface area contributed by atoms with Crippen LogP contribution >= 0.6 is 15.9 Å². The molecule has 1 nitrogen and oxygen atoms in total. The van der Waals surface area contributed by atoms with Crippen molar-refractivity contribution in [3.05, 3.63) is 33.8 Å². The van der Waals surface area contributed by atoms with Crippen LogP contribution in [0.25, 0.3) is 0 Å². The van der Waals surface area contributed by atoms with Gasteiger partial charge in [-0.2, -0.15) is 0 Å². The SMILES string of the molecule is Cc1ccc(Br)c(CCN)c1. The number of benzene rings is 1. The third kappa shape index (κ3) is 2.31. The maximum atomic E-state index is 5.46. The Labute approximate surface area is 75.7 Å². The summed E-state index contributed by atoms with van der Waals surface area (Å²) in [6, 6.07) is 6.32. The van der Waals surface area contributed by atoms with Crippen molar-refractivity contribution in [1.29, 1.82) is 0 Å². The minimum absolute atomic E-state index is 0.710. The van der Waals surface area contributed by atoms with Crippen molar-refractivity contribution in [2.24, 2.45) is 5.73 Å². The van der Waals surface area contributed by atoms with E-state index in [0.717, 1.165) is 10.9 Å². The van der Waals surface area contributed by atoms with Gasteiger partial charge in [-0.1, -0.05) is 33.6 Å². The van der Waals surface area contributed by atoms with Crippen LogP contribution in [0.2, 0.25) is 0 Å². The number of hydrogen-bond acceptors (Lipinski definition) is 1. The Morgan fingerprint density at radius 2 is 2.18 bits per heavy atom. The van der Waals surface area contributed by atoms with Crippen molar-refractivity contribution in [3.63, 3.8) is 0 Å². The quantitative estimate of drug-likeness (QED) is 0.802. The summed E-state index contributed by atoms with van der Waals surface area (Å²) in [7, 11) is 0. The third-order valence-corrected chi connectivity index (χ3v) is 2.39. The summed E-state index contributed by atoms with van der Waals surface area (Å²) >= 11 is 3.48. The summed E-state index contributed by atoms with van der Waals surface area (Å²) in [5.41, 5.74) is 8.05. The fraction of sp³-hybridized carbons (Fsp3) is 0.333. The van der Waals surface area contributed by atoms with Crippen LogP contribution in [-0.4, -0.2) is 6.54 Å². The predicted molar refractivity (Wildman–Crippen MR) is 51.6 cm³/mol. The van der Waals surface area contributed by atoms with Crippen LogP contribution in [0, 0.1) is 6.92 Å². The Bertz CT molecular complexity index is 245. The van der Waals surface area contributed by atoms with E-state index in [-0.39, 0.29) is 0 Å². The second kappa shape index (κ2) is 3.88. The minimum atomic E-state index is 0.710. The predicted octanol–water partition coefficient (Wildman–Crippen LogP) is 2.26. The Morgan fingerprint density at radius 1 is 1.45 bits per heavy atom. The Balaban J connectivity index is 2.93. The topological polar surface area (TPSA) is 26.0 Å². The molecule has 1 aromatic rings. The first kappa shape index (κ1) is 8.75. The lowest BCUT2D eigenvalue weighted by atomic mass is 10.1. The van der Waals surface area contributed by atoms with Crippen LogP contribution in [0.1, 0.15) is 11.1 Å². The molecule has 2 heteroatoms. The molecule has 0 heterocycles. The fourth-order valence-corrected chi connectivity index (χ4v) is 1.50. The average Bonchev–Trinajstić information content (AvgIpc) is 1.98. The van der Waals surface area contributed by atoms with Crippen molar-refractivity contribution >= 4 is 15.9 Å². The van der Waals surface area contributed by atoms with E-state index in [1.54, 1.807) is 0 Å². The highest BCUT2D eigenvalue weighted by Gasteiger charge is 1.97. The van der Waals surface area contributed by atoms with Crippen LogP contribution in [-0.2, 0) is 6.42 Å². The van der Waals surface area contributed by atoms with E-state index in [1.807, 2.05) is 0 Å². The molecule has 0 unspecified atom stereocenters. The molecule has 11 heavy (non-hydrogen) atoms. The Kier molecular flexibility index (Phi) is 3.09. The zero-order valence-electron chi connectivity index (χ0n) is 6.60. The summed E-state index contributed by atoms with van der Waals surface area (Å²) in [6.45, 7) is 2.80. The van der Waals surface area contributed by atoms with Gasteiger partial charge in [-0.15, -0.1) is 0 Å². The summed E-state index contributed by atoms with van der Waals surface area (Å²) in [6.07, 6.45) is 0.947. The first-order valence-corrected chi connectivity index (χ1v) is 4.48. The van der Waals surface area contributed by atoms with Gasteiger partial charge in [-0.05, 0) is 31.5 Å². The number of halogens is 1. The highest BCUT2D eigenvalue weighted by molar-refractivity contribution is 9.10. The molecule has 1 rings (SSSR count). The third-order valence-electron chi connectivity index (χ3n) is 1.61. The lowest BCUT2D eigenvalue weighted by Gasteiger charge is -2.02. The van der Waals surface area contributed by atoms with E-state index in [9.17, 15) is 0 Å². The second-order valence-electron chi connectivity index (χ2n) is 2.63. The van der Waals surface area contributed by atoms with E-state index in [4.69, 9.17) is 5.73 Å². The number of hydrogen-bond donors (Lipinski definition) is 1. The van der Waals surface area contributed by atoms with Gasteiger partial charge in [0.05, 0.1) is 0 Å². The Morgan fingerprint density at radius 3 is 2.82 bits per heavy atom. The number of nitrogens with two attached hydrogens (primary N) is 1. The summed E-state index contributed by atoms with van der Waals surface area (Å²) in [5.74, 6) is 0. The van der Waals surface area contributed by atoms with Crippen molar-refractivity contribution in [1.82, 2.24) is 0 Å². The molecule has 1 aromatic carbocycles. The lowest BCUT2D eigenvalue weighted by Crippen LogP contribution is -2.03. The van der Waals surface area contributed by atoms with Gasteiger partial charge < -0.3 is 5.73 Å². The van der Waals surface area contributed by atoms with Gasteiger partial charge in [0, 0.05) is 4.47 Å². The van der Waals surface area contributed by atoms with E-state index in [1.165, 1.54) is 11.1 Å². The molecular weight excluding hydrogens is 202 g/mol. The van der Waals surface area contributed by atoms with Gasteiger partial charge in [0.15, 0.2) is 0 Å². The molecule has 0 aliphatic carbocycles. The molecule has 60 valence electrons. The van der Waals surface area contributed by atoms with Crippen molar-refractivity contribution in [2.75, 3.05) is 6.54 Å². The molecule has 0 fully saturated rings. The highest BCUT2D eigenvalue weighted by atomic mass is 79.9. The molecule has 0 bridgehead atoms. The number of aryl methyl sites for hydroxylation is 1. The largest absolute Gasteiger partial charge is 0.330 e. The van der Waals surface area contributed by atoms with Crippen molar-refractivity contribution in [3.8, 4) is 0 Å². The van der Waals surface area contributed by atoms with Gasteiger partial charge in [-0.3, -0.25) is 0 Å². The maximum Gasteiger partial charge on any atom is 0.0207 e. The van der Waals surface area contributed by atoms with Crippen LogP contribution in [0.5, 0.6) is 0 Å². The van der Waals surface area contributed by atoms with E-state index in [2.05, 4.69) is 41.1 Å². The summed E-state index contributed by atoms with van der Waals surface area (Å²) in [5, 5.41) is 0. The van der Waals surface area contributed by atoms with E-state index in [0.29, 0.717) is 6.54 Å². The van der Waals surface area contributed by atoms with Crippen LogP contribution in [0.3, 0.4) is 0 Å². The zero-order valence-corrected chi connectivity index (χ0v) is 8.19. The molecule has 0 saturated heterocycles. The van der Waals surface area contributed by atoms with Crippen LogP contribution in [0.4, 0.5) is 0 Å². The first-order valence-electron chi connectivity index (χ1n) is 3.69. The van der Waals surface area contributed by atoms with E-state index < -0.39 is 0 Å². The molecule has 2 N–H and O–H groups in total. The van der Waals surface area contributed by atoms with Crippen molar-refractivity contribution < 1.29 is 0 Å². The van der Waals surface area contributed by atoms with Crippen LogP contribution < -0.4 is 5.73 Å². The number of rotatable bonds is 2. The van der Waals surface area contributed by atoms with Gasteiger partial charge in [0.2, 0.25) is 0 Å². The van der Waals surface area contributed by atoms with Crippen LogP contribution in [0.15, 0.2) is 22.7 Å². The fourth-order valence-electron chi connectivity index (χ4n) is 1.05. The standard InChI is InChI=1S/C9H12BrN/c1-7-2-3-9(10)8(6-7)4-5-11/h2-3,6H,4-5,11H2,1H3. The normalized spacial score (nSPS) is 10.1. The zero-order chi connectivity index (χ0) is 8.27.